The van der Waals surface area contributed by atoms with Crippen LogP contribution in [-0.2, 0) is 14.4 Å². The molecule has 2 saturated carbocycles. The summed E-state index contributed by atoms with van der Waals surface area (Å²) in [7, 11) is 0. The van der Waals surface area contributed by atoms with E-state index in [9.17, 15) is 14.4 Å². The Morgan fingerprint density at radius 2 is 1.83 bits per heavy atom. The molecule has 0 heterocycles. The average Bonchev–Trinajstić information content (AvgIpc) is 2.95. The number of carboxylic acid groups (broad SMARTS) is 1. The number of amides is 2. The lowest BCUT2D eigenvalue weighted by Gasteiger charge is -2.20. The van der Waals surface area contributed by atoms with Crippen molar-refractivity contribution < 1.29 is 19.5 Å². The van der Waals surface area contributed by atoms with Crippen molar-refractivity contribution in [2.24, 2.45) is 17.8 Å². The molecule has 0 aliphatic heterocycles. The molecule has 18 heavy (non-hydrogen) atoms. The Labute approximate surface area is 105 Å². The summed E-state index contributed by atoms with van der Waals surface area (Å²) in [5, 5.41) is 13.2. The minimum atomic E-state index is -1.09. The topological polar surface area (TPSA) is 95.5 Å². The highest BCUT2D eigenvalue weighted by molar-refractivity contribution is 5.87. The third-order valence-corrected chi connectivity index (χ3v) is 3.93. The maximum Gasteiger partial charge on any atom is 0.322 e. The largest absolute Gasteiger partial charge is 0.480 e. The van der Waals surface area contributed by atoms with E-state index < -0.39 is 18.4 Å². The highest BCUT2D eigenvalue weighted by atomic mass is 16.4. The van der Waals surface area contributed by atoms with E-state index in [2.05, 4.69) is 10.6 Å². The zero-order chi connectivity index (χ0) is 13.1. The second-order valence-electron chi connectivity index (χ2n) is 5.17. The molecule has 2 aliphatic rings. The number of carbonyl (C=O) groups excluding carboxylic acids is 2. The maximum atomic E-state index is 11.9. The predicted molar refractivity (Wildman–Crippen MR) is 62.6 cm³/mol. The summed E-state index contributed by atoms with van der Waals surface area (Å²) < 4.78 is 0. The molecule has 2 bridgehead atoms. The second kappa shape index (κ2) is 5.37. The first-order chi connectivity index (χ1) is 8.56. The van der Waals surface area contributed by atoms with Crippen molar-refractivity contribution in [3.05, 3.63) is 0 Å². The molecular weight excluding hydrogens is 236 g/mol. The summed E-state index contributed by atoms with van der Waals surface area (Å²) in [6, 6.07) is 0. The fourth-order valence-electron chi connectivity index (χ4n) is 3.10. The number of nitrogens with one attached hydrogen (secondary N) is 2. The molecule has 6 heteroatoms. The minimum Gasteiger partial charge on any atom is -0.480 e. The number of hydrogen-bond donors (Lipinski definition) is 3. The Hall–Kier alpha value is -1.59. The van der Waals surface area contributed by atoms with Gasteiger partial charge in [0.05, 0.1) is 6.54 Å². The van der Waals surface area contributed by atoms with Crippen LogP contribution in [0.2, 0.25) is 0 Å². The normalized spacial score (nSPS) is 29.0. The van der Waals surface area contributed by atoms with E-state index in [0.29, 0.717) is 11.8 Å². The van der Waals surface area contributed by atoms with Crippen LogP contribution in [0.4, 0.5) is 0 Å². The molecular formula is C12H18N2O4. The number of carboxylic acids is 1. The Bertz CT molecular complexity index is 369. The van der Waals surface area contributed by atoms with Gasteiger partial charge in [-0.1, -0.05) is 6.42 Å². The molecule has 2 aliphatic carbocycles. The Kier molecular flexibility index (Phi) is 3.84. The van der Waals surface area contributed by atoms with Crippen molar-refractivity contribution in [2.75, 3.05) is 13.1 Å². The predicted octanol–water partition coefficient (Wildman–Crippen LogP) is -0.260. The fraction of sp³-hybridized carbons (Fsp3) is 0.750. The molecule has 0 aromatic heterocycles. The first-order valence-electron chi connectivity index (χ1n) is 6.32. The van der Waals surface area contributed by atoms with Gasteiger partial charge in [-0.3, -0.25) is 14.4 Å². The highest BCUT2D eigenvalue weighted by Gasteiger charge is 2.42. The molecule has 0 saturated heterocycles. The first kappa shape index (κ1) is 12.9. The molecule has 2 fully saturated rings. The average molecular weight is 254 g/mol. The SMILES string of the molecule is O=C(O)CNC(=O)CNC(=O)C1CC2CCC1C2. The van der Waals surface area contributed by atoms with Gasteiger partial charge in [0.15, 0.2) is 0 Å². The van der Waals surface area contributed by atoms with Crippen molar-refractivity contribution in [2.45, 2.75) is 25.7 Å². The molecule has 6 nitrogen and oxygen atoms in total. The number of rotatable bonds is 5. The van der Waals surface area contributed by atoms with E-state index in [0.717, 1.165) is 19.3 Å². The minimum absolute atomic E-state index is 0.0519. The second-order valence-corrected chi connectivity index (χ2v) is 5.17. The Morgan fingerprint density at radius 3 is 2.39 bits per heavy atom. The molecule has 0 aromatic rings. The Balaban J connectivity index is 1.69. The lowest BCUT2D eigenvalue weighted by atomic mass is 9.88. The maximum absolute atomic E-state index is 11.9. The van der Waals surface area contributed by atoms with Gasteiger partial charge < -0.3 is 15.7 Å². The van der Waals surface area contributed by atoms with Gasteiger partial charge >= 0.3 is 5.97 Å². The van der Waals surface area contributed by atoms with Crippen LogP contribution >= 0.6 is 0 Å². The third kappa shape index (κ3) is 3.00. The first-order valence-corrected chi connectivity index (χ1v) is 6.32. The van der Waals surface area contributed by atoms with Crippen LogP contribution in [-0.4, -0.2) is 36.0 Å². The van der Waals surface area contributed by atoms with Gasteiger partial charge in [0, 0.05) is 5.92 Å². The van der Waals surface area contributed by atoms with Gasteiger partial charge in [-0.15, -0.1) is 0 Å². The summed E-state index contributed by atoms with van der Waals surface area (Å²) in [6.07, 6.45) is 4.43. The summed E-state index contributed by atoms with van der Waals surface area (Å²) in [6.45, 7) is -0.553. The lowest BCUT2D eigenvalue weighted by Crippen LogP contribution is -2.42. The van der Waals surface area contributed by atoms with Gasteiger partial charge in [-0.05, 0) is 31.1 Å². The molecule has 3 atom stereocenters. The van der Waals surface area contributed by atoms with E-state index in [4.69, 9.17) is 5.11 Å². The summed E-state index contributed by atoms with van der Waals surface area (Å²) in [4.78, 5) is 33.3. The fourth-order valence-corrected chi connectivity index (χ4v) is 3.10. The van der Waals surface area contributed by atoms with Gasteiger partial charge in [-0.25, -0.2) is 0 Å². The van der Waals surface area contributed by atoms with Gasteiger partial charge in [0.25, 0.3) is 0 Å². The van der Waals surface area contributed by atoms with Gasteiger partial charge in [0.1, 0.15) is 6.54 Å². The van der Waals surface area contributed by atoms with Crippen molar-refractivity contribution >= 4 is 17.8 Å². The van der Waals surface area contributed by atoms with Crippen LogP contribution in [0.1, 0.15) is 25.7 Å². The monoisotopic (exact) mass is 254 g/mol. The highest BCUT2D eigenvalue weighted by Crippen LogP contribution is 2.48. The molecule has 0 aromatic carbocycles. The van der Waals surface area contributed by atoms with E-state index >= 15 is 0 Å². The Morgan fingerprint density at radius 1 is 1.06 bits per heavy atom. The molecule has 100 valence electrons. The van der Waals surface area contributed by atoms with Crippen molar-refractivity contribution in [1.29, 1.82) is 0 Å². The van der Waals surface area contributed by atoms with Crippen LogP contribution < -0.4 is 10.6 Å². The summed E-state index contributed by atoms with van der Waals surface area (Å²) in [5.74, 6) is -0.399. The molecule has 2 rings (SSSR count). The standard InChI is InChI=1S/C12H18N2O4/c15-10(13-6-11(16)17)5-14-12(18)9-4-7-1-2-8(9)3-7/h7-9H,1-6H2,(H,13,15)(H,14,18)(H,16,17). The van der Waals surface area contributed by atoms with Crippen LogP contribution in [0.5, 0.6) is 0 Å². The number of aliphatic carboxylic acids is 1. The molecule has 2 amide bonds. The zero-order valence-electron chi connectivity index (χ0n) is 10.1. The van der Waals surface area contributed by atoms with E-state index in [1.807, 2.05) is 0 Å². The third-order valence-electron chi connectivity index (χ3n) is 3.93. The molecule has 3 unspecified atom stereocenters. The van der Waals surface area contributed by atoms with E-state index in [1.165, 1.54) is 6.42 Å². The van der Waals surface area contributed by atoms with Crippen LogP contribution in [0, 0.1) is 17.8 Å². The smallest absolute Gasteiger partial charge is 0.322 e. The van der Waals surface area contributed by atoms with Crippen molar-refractivity contribution in [3.8, 4) is 0 Å². The lowest BCUT2D eigenvalue weighted by molar-refractivity contribution is -0.137. The number of carbonyl (C=O) groups is 3. The summed E-state index contributed by atoms with van der Waals surface area (Å²) >= 11 is 0. The van der Waals surface area contributed by atoms with E-state index in [1.54, 1.807) is 0 Å². The quantitative estimate of drug-likeness (QED) is 0.630. The molecule has 0 radical (unpaired) electrons. The molecule has 3 N–H and O–H groups in total. The number of fused-ring (bicyclic) bond motifs is 2. The van der Waals surface area contributed by atoms with E-state index in [-0.39, 0.29) is 18.4 Å². The van der Waals surface area contributed by atoms with Crippen LogP contribution in [0.3, 0.4) is 0 Å². The van der Waals surface area contributed by atoms with Crippen LogP contribution in [0.15, 0.2) is 0 Å². The van der Waals surface area contributed by atoms with Crippen LogP contribution in [0.25, 0.3) is 0 Å². The zero-order valence-corrected chi connectivity index (χ0v) is 10.1. The van der Waals surface area contributed by atoms with Crippen molar-refractivity contribution in [3.63, 3.8) is 0 Å². The summed E-state index contributed by atoms with van der Waals surface area (Å²) in [5.41, 5.74) is 0. The molecule has 0 spiro atoms. The van der Waals surface area contributed by atoms with Gasteiger partial charge in [0.2, 0.25) is 11.8 Å². The number of hydrogen-bond acceptors (Lipinski definition) is 3. The van der Waals surface area contributed by atoms with Crippen molar-refractivity contribution in [1.82, 2.24) is 10.6 Å². The van der Waals surface area contributed by atoms with Gasteiger partial charge in [-0.2, -0.15) is 0 Å².